The van der Waals surface area contributed by atoms with Crippen LogP contribution >= 0.6 is 11.8 Å². The monoisotopic (exact) mass is 268 g/mol. The molecule has 1 aromatic rings. The summed E-state index contributed by atoms with van der Waals surface area (Å²) in [4.78, 5) is 25.1. The molecule has 0 aliphatic carbocycles. The predicted octanol–water partition coefficient (Wildman–Crippen LogP) is 1.10. The number of rotatable bonds is 3. The van der Waals surface area contributed by atoms with Crippen LogP contribution in [0.1, 0.15) is 22.7 Å². The molecule has 5 nitrogen and oxygen atoms in total. The second-order valence-corrected chi connectivity index (χ2v) is 5.00. The van der Waals surface area contributed by atoms with Gasteiger partial charge in [0, 0.05) is 13.1 Å². The lowest BCUT2D eigenvalue weighted by Crippen LogP contribution is -2.37. The molecule has 0 radical (unpaired) electrons. The maximum Gasteiger partial charge on any atom is 0.290 e. The number of amides is 2. The summed E-state index contributed by atoms with van der Waals surface area (Å²) in [5, 5.41) is 2.74. The Morgan fingerprint density at radius 2 is 2.39 bits per heavy atom. The number of carbonyl (C=O) groups is 2. The quantitative estimate of drug-likeness (QED) is 0.892. The Morgan fingerprint density at radius 1 is 1.56 bits per heavy atom. The zero-order chi connectivity index (χ0) is 13.0. The molecule has 18 heavy (non-hydrogen) atoms. The van der Waals surface area contributed by atoms with Crippen LogP contribution in [0.3, 0.4) is 0 Å². The molecule has 0 unspecified atom stereocenters. The average Bonchev–Trinajstić information content (AvgIpc) is 2.70. The average molecular weight is 268 g/mol. The molecular formula is C12H16N2O3S. The maximum absolute atomic E-state index is 12.2. The van der Waals surface area contributed by atoms with Crippen LogP contribution < -0.4 is 5.32 Å². The summed E-state index contributed by atoms with van der Waals surface area (Å²) < 4.78 is 5.47. The normalized spacial score (nSPS) is 16.3. The second kappa shape index (κ2) is 5.95. The van der Waals surface area contributed by atoms with Gasteiger partial charge in [0.05, 0.1) is 12.3 Å². The van der Waals surface area contributed by atoms with Gasteiger partial charge in [0.1, 0.15) is 5.76 Å². The molecule has 1 saturated heterocycles. The molecule has 0 aromatic carbocycles. The largest absolute Gasteiger partial charge is 0.455 e. The molecular weight excluding hydrogens is 252 g/mol. The predicted molar refractivity (Wildman–Crippen MR) is 69.5 cm³/mol. The van der Waals surface area contributed by atoms with E-state index >= 15 is 0 Å². The van der Waals surface area contributed by atoms with Crippen LogP contribution in [0.15, 0.2) is 16.5 Å². The van der Waals surface area contributed by atoms with Crippen molar-refractivity contribution in [1.29, 1.82) is 0 Å². The van der Waals surface area contributed by atoms with Gasteiger partial charge in [-0.3, -0.25) is 9.59 Å². The molecule has 1 aliphatic heterocycles. The van der Waals surface area contributed by atoms with Gasteiger partial charge in [-0.25, -0.2) is 0 Å². The summed E-state index contributed by atoms with van der Waals surface area (Å²) in [6, 6.07) is 3.48. The summed E-state index contributed by atoms with van der Waals surface area (Å²) in [6.45, 7) is 1.31. The number of thioether (sulfide) groups is 1. The van der Waals surface area contributed by atoms with E-state index < -0.39 is 0 Å². The molecule has 2 rings (SSSR count). The van der Waals surface area contributed by atoms with Crippen molar-refractivity contribution in [2.75, 3.05) is 25.9 Å². The molecule has 1 aromatic heterocycles. The number of nitrogens with one attached hydrogen (secondary N) is 1. The van der Waals surface area contributed by atoms with Gasteiger partial charge in [0.25, 0.3) is 5.91 Å². The second-order valence-electron chi connectivity index (χ2n) is 4.13. The first-order valence-corrected chi connectivity index (χ1v) is 7.23. The molecule has 1 fully saturated rings. The standard InChI is InChI=1S/C12H16N2O3S/c1-18-8-9-3-4-10(17-9)12(16)14-6-2-5-13-11(15)7-14/h3-4H,2,5-8H2,1H3,(H,13,15). The minimum atomic E-state index is -0.209. The van der Waals surface area contributed by atoms with Gasteiger partial charge < -0.3 is 14.6 Å². The lowest BCUT2D eigenvalue weighted by molar-refractivity contribution is -0.121. The van der Waals surface area contributed by atoms with Crippen molar-refractivity contribution in [2.45, 2.75) is 12.2 Å². The van der Waals surface area contributed by atoms with Crippen LogP contribution in [0.2, 0.25) is 0 Å². The van der Waals surface area contributed by atoms with Crippen LogP contribution in [0.4, 0.5) is 0 Å². The van der Waals surface area contributed by atoms with Gasteiger partial charge in [-0.2, -0.15) is 11.8 Å². The van der Waals surface area contributed by atoms with E-state index in [9.17, 15) is 9.59 Å². The van der Waals surface area contributed by atoms with Crippen LogP contribution in [0, 0.1) is 0 Å². The molecule has 2 amide bonds. The highest BCUT2D eigenvalue weighted by Gasteiger charge is 2.23. The third kappa shape index (κ3) is 3.07. The Morgan fingerprint density at radius 3 is 3.17 bits per heavy atom. The smallest absolute Gasteiger partial charge is 0.290 e. The van der Waals surface area contributed by atoms with E-state index in [1.165, 1.54) is 4.90 Å². The fraction of sp³-hybridized carbons (Fsp3) is 0.500. The van der Waals surface area contributed by atoms with Crippen LogP contribution in [-0.2, 0) is 10.5 Å². The van der Waals surface area contributed by atoms with E-state index in [4.69, 9.17) is 4.42 Å². The summed E-state index contributed by atoms with van der Waals surface area (Å²) >= 11 is 1.64. The first-order chi connectivity index (χ1) is 8.70. The van der Waals surface area contributed by atoms with Crippen molar-refractivity contribution in [3.8, 4) is 0 Å². The van der Waals surface area contributed by atoms with Crippen molar-refractivity contribution in [1.82, 2.24) is 10.2 Å². The van der Waals surface area contributed by atoms with Crippen LogP contribution in [0.25, 0.3) is 0 Å². The van der Waals surface area contributed by atoms with E-state index in [2.05, 4.69) is 5.32 Å². The highest BCUT2D eigenvalue weighted by molar-refractivity contribution is 7.97. The zero-order valence-corrected chi connectivity index (χ0v) is 11.1. The number of carbonyl (C=O) groups excluding carboxylic acids is 2. The van der Waals surface area contributed by atoms with Crippen LogP contribution in [-0.4, -0.2) is 42.6 Å². The van der Waals surface area contributed by atoms with Crippen molar-refractivity contribution in [3.05, 3.63) is 23.7 Å². The molecule has 0 saturated carbocycles. The fourth-order valence-electron chi connectivity index (χ4n) is 1.85. The molecule has 2 heterocycles. The summed E-state index contributed by atoms with van der Waals surface area (Å²) in [5.41, 5.74) is 0. The van der Waals surface area contributed by atoms with Crippen molar-refractivity contribution >= 4 is 23.6 Å². The Kier molecular flexibility index (Phi) is 4.30. The van der Waals surface area contributed by atoms with E-state index in [-0.39, 0.29) is 18.4 Å². The van der Waals surface area contributed by atoms with E-state index in [0.29, 0.717) is 18.8 Å². The van der Waals surface area contributed by atoms with Gasteiger partial charge in [-0.05, 0) is 24.8 Å². The van der Waals surface area contributed by atoms with Crippen molar-refractivity contribution < 1.29 is 14.0 Å². The molecule has 6 heteroatoms. The molecule has 98 valence electrons. The van der Waals surface area contributed by atoms with Gasteiger partial charge in [0.2, 0.25) is 5.91 Å². The lowest BCUT2D eigenvalue weighted by atomic mass is 10.3. The lowest BCUT2D eigenvalue weighted by Gasteiger charge is -2.17. The zero-order valence-electron chi connectivity index (χ0n) is 10.3. The minimum Gasteiger partial charge on any atom is -0.455 e. The SMILES string of the molecule is CSCc1ccc(C(=O)N2CCCNC(=O)C2)o1. The summed E-state index contributed by atoms with van der Waals surface area (Å²) in [5.74, 6) is 1.52. The van der Waals surface area contributed by atoms with E-state index in [0.717, 1.165) is 17.9 Å². The third-order valence-corrected chi connectivity index (χ3v) is 3.28. The van der Waals surface area contributed by atoms with Crippen molar-refractivity contribution in [2.24, 2.45) is 0 Å². The summed E-state index contributed by atoms with van der Waals surface area (Å²) in [6.07, 6.45) is 2.75. The highest BCUT2D eigenvalue weighted by Crippen LogP contribution is 2.15. The van der Waals surface area contributed by atoms with E-state index in [1.54, 1.807) is 17.8 Å². The highest BCUT2D eigenvalue weighted by atomic mass is 32.2. The third-order valence-electron chi connectivity index (χ3n) is 2.71. The first-order valence-electron chi connectivity index (χ1n) is 5.84. The van der Waals surface area contributed by atoms with Gasteiger partial charge in [-0.1, -0.05) is 0 Å². The number of furan rings is 1. The topological polar surface area (TPSA) is 62.6 Å². The molecule has 1 N–H and O–H groups in total. The Balaban J connectivity index is 2.06. The Hall–Kier alpha value is -1.43. The molecule has 0 bridgehead atoms. The van der Waals surface area contributed by atoms with E-state index in [1.807, 2.05) is 12.3 Å². The molecule has 0 spiro atoms. The maximum atomic E-state index is 12.2. The number of hydrogen-bond acceptors (Lipinski definition) is 4. The molecule has 1 aliphatic rings. The van der Waals surface area contributed by atoms with Crippen LogP contribution in [0.5, 0.6) is 0 Å². The fourth-order valence-corrected chi connectivity index (χ4v) is 2.29. The number of nitrogens with zero attached hydrogens (tertiary/aromatic N) is 1. The van der Waals surface area contributed by atoms with Crippen molar-refractivity contribution in [3.63, 3.8) is 0 Å². The first kappa shape index (κ1) is 13.0. The van der Waals surface area contributed by atoms with Gasteiger partial charge in [-0.15, -0.1) is 0 Å². The number of hydrogen-bond donors (Lipinski definition) is 1. The molecule has 0 atom stereocenters. The summed E-state index contributed by atoms with van der Waals surface area (Å²) in [7, 11) is 0. The Labute approximate surface area is 110 Å². The minimum absolute atomic E-state index is 0.109. The van der Waals surface area contributed by atoms with Gasteiger partial charge >= 0.3 is 0 Å². The van der Waals surface area contributed by atoms with Gasteiger partial charge in [0.15, 0.2) is 5.76 Å². The Bertz CT molecular complexity index is 444.